The number of aromatic nitrogens is 2. The van der Waals surface area contributed by atoms with Crippen molar-refractivity contribution in [3.05, 3.63) is 17.8 Å². The number of ether oxygens (including phenoxy) is 2. The van der Waals surface area contributed by atoms with E-state index in [4.69, 9.17) is 4.74 Å². The summed E-state index contributed by atoms with van der Waals surface area (Å²) >= 11 is 0. The third-order valence-electron chi connectivity index (χ3n) is 1.82. The molecule has 0 amide bonds. The lowest BCUT2D eigenvalue weighted by atomic mass is 10.4. The van der Waals surface area contributed by atoms with E-state index in [1.165, 1.54) is 7.11 Å². The maximum atomic E-state index is 11.1. The first-order valence-electron chi connectivity index (χ1n) is 5.01. The van der Waals surface area contributed by atoms with Crippen LogP contribution in [-0.2, 0) is 9.47 Å². The van der Waals surface area contributed by atoms with Crippen molar-refractivity contribution in [2.75, 3.05) is 32.2 Å². The summed E-state index contributed by atoms with van der Waals surface area (Å²) in [6, 6.07) is 3.23. The molecule has 0 fully saturated rings. The van der Waals surface area contributed by atoms with Gasteiger partial charge in [0.1, 0.15) is 5.82 Å². The number of hydrogen-bond acceptors (Lipinski definition) is 6. The molecule has 0 aromatic carbocycles. The highest BCUT2D eigenvalue weighted by Gasteiger charge is 2.06. The zero-order valence-corrected chi connectivity index (χ0v) is 9.40. The van der Waals surface area contributed by atoms with Crippen LogP contribution in [0.2, 0.25) is 0 Å². The second-order valence-electron chi connectivity index (χ2n) is 2.92. The van der Waals surface area contributed by atoms with Gasteiger partial charge in [-0.25, -0.2) is 4.79 Å². The minimum absolute atomic E-state index is 0.192. The molecule has 0 bridgehead atoms. The lowest BCUT2D eigenvalue weighted by Crippen LogP contribution is -2.12. The van der Waals surface area contributed by atoms with E-state index in [1.807, 2.05) is 6.92 Å². The maximum absolute atomic E-state index is 11.1. The SMILES string of the molecule is CCOCCNc1ccc(C(=O)OC)nn1. The van der Waals surface area contributed by atoms with E-state index in [2.05, 4.69) is 20.3 Å². The molecule has 88 valence electrons. The lowest BCUT2D eigenvalue weighted by molar-refractivity contribution is 0.0592. The van der Waals surface area contributed by atoms with E-state index in [-0.39, 0.29) is 5.69 Å². The molecule has 0 aliphatic heterocycles. The van der Waals surface area contributed by atoms with Crippen LogP contribution in [0.3, 0.4) is 0 Å². The summed E-state index contributed by atoms with van der Waals surface area (Å²) in [5.74, 6) is 0.112. The quantitative estimate of drug-likeness (QED) is 0.568. The van der Waals surface area contributed by atoms with Crippen LogP contribution in [-0.4, -0.2) is 43.0 Å². The number of hydrogen-bond donors (Lipinski definition) is 1. The summed E-state index contributed by atoms with van der Waals surface area (Å²) in [4.78, 5) is 11.1. The van der Waals surface area contributed by atoms with Crippen LogP contribution >= 0.6 is 0 Å². The zero-order valence-electron chi connectivity index (χ0n) is 9.40. The van der Waals surface area contributed by atoms with Crippen molar-refractivity contribution in [3.8, 4) is 0 Å². The zero-order chi connectivity index (χ0) is 11.8. The van der Waals surface area contributed by atoms with Crippen molar-refractivity contribution >= 4 is 11.8 Å². The Morgan fingerprint density at radius 3 is 2.81 bits per heavy atom. The average molecular weight is 225 g/mol. The molecule has 0 spiro atoms. The third kappa shape index (κ3) is 3.82. The molecule has 0 atom stereocenters. The fourth-order valence-electron chi connectivity index (χ4n) is 1.04. The maximum Gasteiger partial charge on any atom is 0.358 e. The Hall–Kier alpha value is -1.69. The highest BCUT2D eigenvalue weighted by Crippen LogP contribution is 2.02. The minimum Gasteiger partial charge on any atom is -0.464 e. The van der Waals surface area contributed by atoms with Crippen molar-refractivity contribution in [2.45, 2.75) is 6.92 Å². The Balaban J connectivity index is 2.42. The van der Waals surface area contributed by atoms with E-state index in [0.717, 1.165) is 0 Å². The van der Waals surface area contributed by atoms with Gasteiger partial charge in [0.25, 0.3) is 0 Å². The van der Waals surface area contributed by atoms with E-state index < -0.39 is 5.97 Å². The normalized spacial score (nSPS) is 9.88. The van der Waals surface area contributed by atoms with Gasteiger partial charge in [0.2, 0.25) is 0 Å². The molecule has 0 saturated heterocycles. The number of esters is 1. The monoisotopic (exact) mass is 225 g/mol. The Labute approximate surface area is 94.0 Å². The summed E-state index contributed by atoms with van der Waals surface area (Å²) in [6.45, 7) is 3.89. The average Bonchev–Trinajstić information content (AvgIpc) is 2.34. The fraction of sp³-hybridized carbons (Fsp3) is 0.500. The first kappa shape index (κ1) is 12.4. The standard InChI is InChI=1S/C10H15N3O3/c1-3-16-7-6-11-9-5-4-8(12-13-9)10(14)15-2/h4-5H,3,6-7H2,1-2H3,(H,11,13). The summed E-state index contributed by atoms with van der Waals surface area (Å²) in [6.07, 6.45) is 0. The largest absolute Gasteiger partial charge is 0.464 e. The van der Waals surface area contributed by atoms with Gasteiger partial charge in [-0.2, -0.15) is 0 Å². The molecule has 0 radical (unpaired) electrons. The lowest BCUT2D eigenvalue weighted by Gasteiger charge is -2.04. The van der Waals surface area contributed by atoms with E-state index in [9.17, 15) is 4.79 Å². The van der Waals surface area contributed by atoms with Crippen LogP contribution in [0.4, 0.5) is 5.82 Å². The molecule has 1 N–H and O–H groups in total. The minimum atomic E-state index is -0.492. The highest BCUT2D eigenvalue weighted by molar-refractivity contribution is 5.86. The number of rotatable bonds is 6. The van der Waals surface area contributed by atoms with Crippen molar-refractivity contribution in [2.24, 2.45) is 0 Å². The van der Waals surface area contributed by atoms with Crippen LogP contribution in [0.15, 0.2) is 12.1 Å². The summed E-state index contributed by atoms with van der Waals surface area (Å²) in [7, 11) is 1.30. The fourth-order valence-corrected chi connectivity index (χ4v) is 1.04. The Bertz CT molecular complexity index is 327. The molecule has 1 rings (SSSR count). The molecule has 0 unspecified atom stereocenters. The number of nitrogens with zero attached hydrogens (tertiary/aromatic N) is 2. The Morgan fingerprint density at radius 1 is 1.44 bits per heavy atom. The second-order valence-corrected chi connectivity index (χ2v) is 2.92. The number of carbonyl (C=O) groups is 1. The number of carbonyl (C=O) groups excluding carboxylic acids is 1. The van der Waals surface area contributed by atoms with Gasteiger partial charge in [-0.1, -0.05) is 0 Å². The first-order chi connectivity index (χ1) is 7.77. The van der Waals surface area contributed by atoms with Crippen molar-refractivity contribution in [1.82, 2.24) is 10.2 Å². The molecule has 1 aromatic heterocycles. The second kappa shape index (κ2) is 6.73. The predicted octanol–water partition coefficient (Wildman–Crippen LogP) is 0.712. The van der Waals surface area contributed by atoms with Gasteiger partial charge in [-0.3, -0.25) is 0 Å². The van der Waals surface area contributed by atoms with Crippen LogP contribution in [0.5, 0.6) is 0 Å². The molecule has 16 heavy (non-hydrogen) atoms. The van der Waals surface area contributed by atoms with Gasteiger partial charge in [-0.05, 0) is 19.1 Å². The highest BCUT2D eigenvalue weighted by atomic mass is 16.5. The van der Waals surface area contributed by atoms with Gasteiger partial charge in [0.05, 0.1) is 13.7 Å². The molecule has 1 heterocycles. The van der Waals surface area contributed by atoms with Gasteiger partial charge >= 0.3 is 5.97 Å². The van der Waals surface area contributed by atoms with E-state index >= 15 is 0 Å². The van der Waals surface area contributed by atoms with Crippen LogP contribution in [0.1, 0.15) is 17.4 Å². The Kier molecular flexibility index (Phi) is 5.21. The molecule has 6 heteroatoms. The predicted molar refractivity (Wildman–Crippen MR) is 58.4 cm³/mol. The molecular weight excluding hydrogens is 210 g/mol. The molecule has 0 aliphatic rings. The molecule has 1 aromatic rings. The summed E-state index contributed by atoms with van der Waals surface area (Å²) in [5, 5.41) is 10.6. The topological polar surface area (TPSA) is 73.3 Å². The van der Waals surface area contributed by atoms with E-state index in [0.29, 0.717) is 25.6 Å². The first-order valence-corrected chi connectivity index (χ1v) is 5.01. The number of nitrogens with one attached hydrogen (secondary N) is 1. The third-order valence-corrected chi connectivity index (χ3v) is 1.82. The van der Waals surface area contributed by atoms with Crippen LogP contribution < -0.4 is 5.32 Å². The van der Waals surface area contributed by atoms with Gasteiger partial charge in [-0.15, -0.1) is 10.2 Å². The smallest absolute Gasteiger partial charge is 0.358 e. The molecule has 0 aliphatic carbocycles. The van der Waals surface area contributed by atoms with Crippen molar-refractivity contribution < 1.29 is 14.3 Å². The number of anilines is 1. The van der Waals surface area contributed by atoms with Crippen molar-refractivity contribution in [3.63, 3.8) is 0 Å². The van der Waals surface area contributed by atoms with Gasteiger partial charge in [0.15, 0.2) is 5.69 Å². The summed E-state index contributed by atoms with van der Waals surface area (Å²) < 4.78 is 9.66. The number of methoxy groups -OCH3 is 1. The summed E-state index contributed by atoms with van der Waals surface area (Å²) in [5.41, 5.74) is 0.192. The molecule has 6 nitrogen and oxygen atoms in total. The molecular formula is C10H15N3O3. The Morgan fingerprint density at radius 2 is 2.25 bits per heavy atom. The van der Waals surface area contributed by atoms with Crippen LogP contribution in [0, 0.1) is 0 Å². The van der Waals surface area contributed by atoms with Gasteiger partial charge in [0, 0.05) is 13.2 Å². The van der Waals surface area contributed by atoms with Crippen molar-refractivity contribution in [1.29, 1.82) is 0 Å². The van der Waals surface area contributed by atoms with Gasteiger partial charge < -0.3 is 14.8 Å². The van der Waals surface area contributed by atoms with E-state index in [1.54, 1.807) is 12.1 Å². The molecule has 0 saturated carbocycles. The van der Waals surface area contributed by atoms with Crippen LogP contribution in [0.25, 0.3) is 0 Å².